The summed E-state index contributed by atoms with van der Waals surface area (Å²) in [4.78, 5) is 105. The van der Waals surface area contributed by atoms with Gasteiger partial charge < -0.3 is 25.6 Å². The molecular weight excluding hydrogens is 847 g/mol. The van der Waals surface area contributed by atoms with Crippen LogP contribution in [-0.4, -0.2) is 133 Å². The van der Waals surface area contributed by atoms with Gasteiger partial charge in [0.1, 0.15) is 35.4 Å². The van der Waals surface area contributed by atoms with Crippen molar-refractivity contribution in [2.24, 2.45) is 0 Å². The molecule has 0 saturated carbocycles. The molecule has 9 rings (SSSR count). The molecule has 7 amide bonds. The lowest BCUT2D eigenvalue weighted by Gasteiger charge is -2.35. The zero-order valence-corrected chi connectivity index (χ0v) is 36.2. The van der Waals surface area contributed by atoms with Crippen LogP contribution >= 0.6 is 0 Å². The monoisotopic (exact) mass is 895 g/mol. The quantitative estimate of drug-likeness (QED) is 0.143. The number of para-hydroxylation sites is 1. The van der Waals surface area contributed by atoms with Gasteiger partial charge in [-0.05, 0) is 86.8 Å². The number of likely N-dealkylation sites (tertiary alicyclic amines) is 1. The zero-order chi connectivity index (χ0) is 45.9. The Bertz CT molecular complexity index is 2710. The first-order chi connectivity index (χ1) is 32.0. The van der Waals surface area contributed by atoms with Crippen molar-refractivity contribution in [1.29, 1.82) is 0 Å². The number of ether oxygens (including phenoxy) is 1. The highest BCUT2D eigenvalue weighted by Gasteiger charge is 2.44. The Balaban J connectivity index is 0.691. The fraction of sp³-hybridized carbons (Fsp3) is 0.362. The predicted octanol–water partition coefficient (Wildman–Crippen LogP) is 3.78. The summed E-state index contributed by atoms with van der Waals surface area (Å²) in [6, 6.07) is 20.5. The van der Waals surface area contributed by atoms with Crippen LogP contribution in [0.4, 0.5) is 11.5 Å². The molecule has 5 aromatic rings. The molecular formula is C47H49N11O8. The van der Waals surface area contributed by atoms with Gasteiger partial charge in [0, 0.05) is 76.2 Å². The van der Waals surface area contributed by atoms with Crippen molar-refractivity contribution >= 4 is 63.9 Å². The average molecular weight is 896 g/mol. The van der Waals surface area contributed by atoms with E-state index in [9.17, 15) is 33.6 Å². The largest absolute Gasteiger partial charge is 0.457 e. The average Bonchev–Trinajstić information content (AvgIpc) is 3.84. The Labute approximate surface area is 379 Å². The first-order valence-corrected chi connectivity index (χ1v) is 22.3. The molecule has 0 bridgehead atoms. The number of aromatic nitrogens is 4. The second-order valence-corrected chi connectivity index (χ2v) is 16.9. The summed E-state index contributed by atoms with van der Waals surface area (Å²) < 4.78 is 7.91. The molecule has 0 spiro atoms. The van der Waals surface area contributed by atoms with Gasteiger partial charge in [0.2, 0.25) is 29.5 Å². The molecule has 1 unspecified atom stereocenters. The zero-order valence-electron chi connectivity index (χ0n) is 36.2. The summed E-state index contributed by atoms with van der Waals surface area (Å²) in [5, 5.41) is 10.6. The maximum atomic E-state index is 13.3. The summed E-state index contributed by atoms with van der Waals surface area (Å²) in [5.74, 6) is -1.13. The van der Waals surface area contributed by atoms with Crippen LogP contribution in [0.25, 0.3) is 22.3 Å². The number of benzene rings is 3. The first-order valence-electron chi connectivity index (χ1n) is 22.3. The minimum Gasteiger partial charge on any atom is -0.457 e. The molecule has 1 atom stereocenters. The number of nitrogens with zero attached hydrogens (tertiary/aromatic N) is 8. The Kier molecular flexibility index (Phi) is 12.5. The summed E-state index contributed by atoms with van der Waals surface area (Å²) in [6.07, 6.45) is 3.99. The van der Waals surface area contributed by atoms with Crippen LogP contribution in [-0.2, 0) is 24.0 Å². The van der Waals surface area contributed by atoms with E-state index in [1.54, 1.807) is 4.90 Å². The number of carbonyl (C=O) groups is 7. The third-order valence-electron chi connectivity index (χ3n) is 12.7. The number of fused-ring (bicyclic) bond motifs is 2. The van der Waals surface area contributed by atoms with Crippen molar-refractivity contribution in [3.05, 3.63) is 90.3 Å². The number of nitrogen functional groups attached to an aromatic ring is 1. The number of hydrogen-bond donors (Lipinski definition) is 3. The summed E-state index contributed by atoms with van der Waals surface area (Å²) in [5.41, 5.74) is 9.04. The fourth-order valence-corrected chi connectivity index (χ4v) is 9.10. The van der Waals surface area contributed by atoms with E-state index >= 15 is 0 Å². The Morgan fingerprint density at radius 2 is 1.45 bits per heavy atom. The number of piperazine rings is 1. The number of nitrogens with one attached hydrogen (secondary N) is 2. The van der Waals surface area contributed by atoms with Gasteiger partial charge in [-0.2, -0.15) is 5.10 Å². The standard InChI is InChI=1S/C47H49N11O8/c48-43-41-42(29-8-11-33(12-9-29)66-32-5-2-1-3-6-32)53-58(44(41)50-28-49-43)31-18-21-55(22-19-31)39(61)7-4-20-54-23-25-56(26-24-54)40(62)17-16-37(59)51-30-10-13-34-35(27-30)47(65)57(46(34)64)36-14-15-38(60)52-45(36)63/h1-3,5-6,8-13,27-28,31,36H,4,7,14-26H2,(H,51,59)(H2,48,49,50)(H,52,60,63). The van der Waals surface area contributed by atoms with Crippen LogP contribution in [0.15, 0.2) is 79.1 Å². The minimum absolute atomic E-state index is 0.00142. The Morgan fingerprint density at radius 3 is 2.20 bits per heavy atom. The van der Waals surface area contributed by atoms with Gasteiger partial charge >= 0.3 is 0 Å². The van der Waals surface area contributed by atoms with Gasteiger partial charge in [-0.25, -0.2) is 14.6 Å². The van der Waals surface area contributed by atoms with Crippen molar-refractivity contribution < 1.29 is 38.3 Å². The second-order valence-electron chi connectivity index (χ2n) is 16.9. The summed E-state index contributed by atoms with van der Waals surface area (Å²) in [6.45, 7) is 4.29. The molecule has 4 N–H and O–H groups in total. The van der Waals surface area contributed by atoms with Crippen LogP contribution < -0.4 is 21.1 Å². The van der Waals surface area contributed by atoms with Crippen molar-refractivity contribution in [2.45, 2.75) is 63.5 Å². The molecule has 340 valence electrons. The van der Waals surface area contributed by atoms with Gasteiger partial charge in [0.15, 0.2) is 5.65 Å². The lowest BCUT2D eigenvalue weighted by molar-refractivity contribution is -0.136. The van der Waals surface area contributed by atoms with E-state index in [0.717, 1.165) is 35.6 Å². The minimum atomic E-state index is -1.09. The topological polar surface area (TPSA) is 235 Å². The molecule has 66 heavy (non-hydrogen) atoms. The number of imide groups is 2. The maximum absolute atomic E-state index is 13.3. The third-order valence-corrected chi connectivity index (χ3v) is 12.7. The number of hydrogen-bond acceptors (Lipinski definition) is 13. The van der Waals surface area contributed by atoms with E-state index < -0.39 is 35.6 Å². The molecule has 6 heterocycles. The van der Waals surface area contributed by atoms with Crippen molar-refractivity contribution in [1.82, 2.24) is 44.7 Å². The van der Waals surface area contributed by atoms with E-state index in [1.807, 2.05) is 64.2 Å². The van der Waals surface area contributed by atoms with E-state index in [4.69, 9.17) is 15.6 Å². The van der Waals surface area contributed by atoms with Crippen molar-refractivity contribution in [3.8, 4) is 22.8 Å². The molecule has 0 aliphatic carbocycles. The van der Waals surface area contributed by atoms with E-state index in [0.29, 0.717) is 80.4 Å². The molecule has 3 aromatic carbocycles. The van der Waals surface area contributed by atoms with Crippen LogP contribution in [0.5, 0.6) is 11.5 Å². The van der Waals surface area contributed by atoms with E-state index in [-0.39, 0.29) is 60.4 Å². The number of carbonyl (C=O) groups excluding carboxylic acids is 7. The number of amides is 7. The molecule has 19 nitrogen and oxygen atoms in total. The molecule has 19 heteroatoms. The number of nitrogens with two attached hydrogens (primary N) is 1. The highest BCUT2D eigenvalue weighted by molar-refractivity contribution is 6.24. The van der Waals surface area contributed by atoms with Gasteiger partial charge in [-0.1, -0.05) is 18.2 Å². The molecule has 3 saturated heterocycles. The normalized spacial score (nSPS) is 18.1. The summed E-state index contributed by atoms with van der Waals surface area (Å²) >= 11 is 0. The Hall–Kier alpha value is -7.54. The van der Waals surface area contributed by atoms with Gasteiger partial charge in [0.25, 0.3) is 11.8 Å². The fourth-order valence-electron chi connectivity index (χ4n) is 9.10. The molecule has 2 aromatic heterocycles. The first kappa shape index (κ1) is 43.7. The lowest BCUT2D eigenvalue weighted by Crippen LogP contribution is -2.54. The van der Waals surface area contributed by atoms with E-state index in [1.165, 1.54) is 24.5 Å². The van der Waals surface area contributed by atoms with Gasteiger partial charge in [-0.15, -0.1) is 0 Å². The highest BCUT2D eigenvalue weighted by atomic mass is 16.5. The summed E-state index contributed by atoms with van der Waals surface area (Å²) in [7, 11) is 0. The van der Waals surface area contributed by atoms with E-state index in [2.05, 4.69) is 25.5 Å². The number of piperidine rings is 2. The SMILES string of the molecule is Nc1ncnc2c1c(-c1ccc(Oc3ccccc3)cc1)nn2C1CCN(C(=O)CCCN2CCN(C(=O)CCC(=O)Nc3ccc4c(c3)C(=O)N(C3CCC(=O)NC3=O)C4=O)CC2)CC1. The number of anilines is 2. The van der Waals surface area contributed by atoms with Gasteiger partial charge in [0.05, 0.1) is 22.6 Å². The van der Waals surface area contributed by atoms with Crippen LogP contribution in [0.3, 0.4) is 0 Å². The smallest absolute Gasteiger partial charge is 0.262 e. The molecule has 4 aliphatic rings. The van der Waals surface area contributed by atoms with Crippen molar-refractivity contribution in [3.63, 3.8) is 0 Å². The lowest BCUT2D eigenvalue weighted by atomic mass is 10.0. The third kappa shape index (κ3) is 9.19. The van der Waals surface area contributed by atoms with Crippen LogP contribution in [0.2, 0.25) is 0 Å². The predicted molar refractivity (Wildman–Crippen MR) is 240 cm³/mol. The van der Waals surface area contributed by atoms with Crippen molar-refractivity contribution in [2.75, 3.05) is 56.9 Å². The molecule has 0 radical (unpaired) electrons. The van der Waals surface area contributed by atoms with Gasteiger partial charge in [-0.3, -0.25) is 48.7 Å². The molecule has 3 fully saturated rings. The van der Waals surface area contributed by atoms with Crippen LogP contribution in [0, 0.1) is 0 Å². The second kappa shape index (κ2) is 18.9. The van der Waals surface area contributed by atoms with Crippen LogP contribution in [0.1, 0.15) is 78.1 Å². The highest BCUT2D eigenvalue weighted by Crippen LogP contribution is 2.36. The number of rotatable bonds is 13. The molecule has 4 aliphatic heterocycles. The Morgan fingerprint density at radius 1 is 0.758 bits per heavy atom. The maximum Gasteiger partial charge on any atom is 0.262 e.